The number of nitrogens with one attached hydrogen (secondary N) is 2. The van der Waals surface area contributed by atoms with E-state index in [2.05, 4.69) is 49.8 Å². The van der Waals surface area contributed by atoms with Crippen molar-refractivity contribution in [2.45, 2.75) is 75.0 Å². The summed E-state index contributed by atoms with van der Waals surface area (Å²) >= 11 is 0. The molecule has 3 heterocycles. The first-order chi connectivity index (χ1) is 21.0. The van der Waals surface area contributed by atoms with Crippen LogP contribution in [0.2, 0.25) is 5.82 Å². The fourth-order valence-corrected chi connectivity index (χ4v) is 6.81. The summed E-state index contributed by atoms with van der Waals surface area (Å²) in [5.41, 5.74) is 1.95. The first kappa shape index (κ1) is 31.1. The smallest absolute Gasteiger partial charge is 0.395 e. The predicted octanol–water partition coefficient (Wildman–Crippen LogP) is 4.91. The van der Waals surface area contributed by atoms with Gasteiger partial charge in [0.1, 0.15) is 5.82 Å². The number of imidazole rings is 1. The van der Waals surface area contributed by atoms with E-state index in [1.165, 1.54) is 18.3 Å². The molecule has 1 fully saturated rings. The van der Waals surface area contributed by atoms with Crippen LogP contribution in [0, 0.1) is 6.92 Å². The lowest BCUT2D eigenvalue weighted by molar-refractivity contribution is -0.286. The third-order valence-corrected chi connectivity index (χ3v) is 9.67. The Kier molecular flexibility index (Phi) is 7.31. The van der Waals surface area contributed by atoms with Crippen LogP contribution in [0.3, 0.4) is 0 Å². The quantitative estimate of drug-likeness (QED) is 0.252. The van der Waals surface area contributed by atoms with Crippen molar-refractivity contribution in [2.24, 2.45) is 7.05 Å². The van der Waals surface area contributed by atoms with E-state index < -0.39 is 27.6 Å². The molecule has 236 valence electrons. The Morgan fingerprint density at radius 3 is 2.47 bits per heavy atom. The van der Waals surface area contributed by atoms with Crippen molar-refractivity contribution in [3.8, 4) is 11.5 Å². The van der Waals surface area contributed by atoms with Crippen LogP contribution in [0.4, 0.5) is 14.5 Å². The molecule has 10 nitrogen and oxygen atoms in total. The highest BCUT2D eigenvalue weighted by molar-refractivity contribution is 7.89. The molecule has 14 heteroatoms. The topological polar surface area (TPSA) is 116 Å². The Bertz CT molecular complexity index is 1910. The Hall–Kier alpha value is -3.91. The minimum atomic E-state index is -3.83. The molecule has 45 heavy (non-hydrogen) atoms. The van der Waals surface area contributed by atoms with E-state index in [0.29, 0.717) is 36.5 Å². The molecule has 1 aliphatic carbocycles. The summed E-state index contributed by atoms with van der Waals surface area (Å²) in [5.74, 6) is -0.356. The van der Waals surface area contributed by atoms with Gasteiger partial charge in [-0.25, -0.2) is 18.1 Å². The molecule has 2 aromatic heterocycles. The average Bonchev–Trinajstić information content (AvgIpc) is 3.45. The number of aryl methyl sites for hydroxylation is 2. The van der Waals surface area contributed by atoms with Crippen LogP contribution in [0.5, 0.6) is 11.5 Å². The molecule has 0 spiro atoms. The molecule has 2 N–H and O–H groups in total. The van der Waals surface area contributed by atoms with Gasteiger partial charge in [-0.2, -0.15) is 0 Å². The molecule has 1 aliphatic heterocycles. The van der Waals surface area contributed by atoms with Crippen LogP contribution >= 0.6 is 0 Å². The largest absolute Gasteiger partial charge is 0.586 e. The maximum absolute atomic E-state index is 13.5. The van der Waals surface area contributed by atoms with Gasteiger partial charge in [-0.05, 0) is 67.5 Å². The Morgan fingerprint density at radius 1 is 1.11 bits per heavy atom. The molecule has 2 radical (unpaired) electrons. The van der Waals surface area contributed by atoms with Gasteiger partial charge in [-0.15, -0.1) is 8.78 Å². The number of fused-ring (bicyclic) bond motifs is 2. The molecule has 0 bridgehead atoms. The number of aromatic nitrogens is 3. The van der Waals surface area contributed by atoms with E-state index in [4.69, 9.17) is 7.85 Å². The predicted molar refractivity (Wildman–Crippen MR) is 165 cm³/mol. The van der Waals surface area contributed by atoms with Crippen LogP contribution < -0.4 is 19.5 Å². The van der Waals surface area contributed by atoms with E-state index in [0.717, 1.165) is 16.6 Å². The average molecular weight is 638 g/mol. The molecule has 6 rings (SSSR count). The number of amides is 1. The highest BCUT2D eigenvalue weighted by Gasteiger charge is 2.52. The van der Waals surface area contributed by atoms with Gasteiger partial charge < -0.3 is 23.9 Å². The summed E-state index contributed by atoms with van der Waals surface area (Å²) in [7, 11) is 4.35. The van der Waals surface area contributed by atoms with Crippen molar-refractivity contribution in [1.82, 2.24) is 18.8 Å². The van der Waals surface area contributed by atoms with Gasteiger partial charge in [-0.3, -0.25) is 4.79 Å². The minimum Gasteiger partial charge on any atom is -0.395 e. The third kappa shape index (κ3) is 5.93. The van der Waals surface area contributed by atoms with Crippen LogP contribution in [0.1, 0.15) is 50.7 Å². The molecular weight excluding hydrogens is 603 g/mol. The normalized spacial score (nSPS) is 17.4. The molecule has 0 unspecified atom stereocenters. The molecular formula is C31H34BF2N5O5S. The number of halogens is 2. The monoisotopic (exact) mass is 637 g/mol. The Labute approximate surface area is 261 Å². The van der Waals surface area contributed by atoms with Gasteiger partial charge in [-0.1, -0.05) is 26.8 Å². The summed E-state index contributed by atoms with van der Waals surface area (Å²) in [6.07, 6.45) is -1.13. The Morgan fingerprint density at radius 2 is 1.82 bits per heavy atom. The van der Waals surface area contributed by atoms with Gasteiger partial charge >= 0.3 is 6.29 Å². The second kappa shape index (κ2) is 10.6. The summed E-state index contributed by atoms with van der Waals surface area (Å²) in [6.45, 7) is 8.32. The number of benzene rings is 2. The summed E-state index contributed by atoms with van der Waals surface area (Å²) in [4.78, 5) is 17.6. The first-order valence-corrected chi connectivity index (χ1v) is 16.1. The number of hydrogen-bond donors (Lipinski definition) is 2. The van der Waals surface area contributed by atoms with Gasteiger partial charge in [0.2, 0.25) is 5.91 Å². The van der Waals surface area contributed by atoms with Gasteiger partial charge in [0, 0.05) is 54.0 Å². The second-order valence-corrected chi connectivity index (χ2v) is 14.6. The van der Waals surface area contributed by atoms with Gasteiger partial charge in [0.15, 0.2) is 16.5 Å². The summed E-state index contributed by atoms with van der Waals surface area (Å²) in [5, 5.41) is 3.83. The highest BCUT2D eigenvalue weighted by Crippen LogP contribution is 2.52. The van der Waals surface area contributed by atoms with Crippen LogP contribution in [0.25, 0.3) is 10.9 Å². The maximum Gasteiger partial charge on any atom is 0.586 e. The van der Waals surface area contributed by atoms with Gasteiger partial charge in [0.05, 0.1) is 13.3 Å². The molecule has 1 saturated carbocycles. The van der Waals surface area contributed by atoms with Crippen molar-refractivity contribution in [3.05, 3.63) is 65.7 Å². The lowest BCUT2D eigenvalue weighted by atomic mass is 9.86. The highest BCUT2D eigenvalue weighted by atomic mass is 32.2. The van der Waals surface area contributed by atoms with Gasteiger partial charge in [0.25, 0.3) is 10.0 Å². The van der Waals surface area contributed by atoms with Crippen molar-refractivity contribution in [2.75, 3.05) is 11.9 Å². The van der Waals surface area contributed by atoms with Crippen molar-refractivity contribution >= 4 is 40.4 Å². The van der Waals surface area contributed by atoms with Crippen LogP contribution in [-0.4, -0.2) is 49.1 Å². The zero-order chi connectivity index (χ0) is 32.5. The lowest BCUT2D eigenvalue weighted by Gasteiger charge is -2.24. The number of ether oxygens (including phenoxy) is 2. The number of rotatable bonds is 9. The zero-order valence-corrected chi connectivity index (χ0v) is 26.5. The van der Waals surface area contributed by atoms with Crippen LogP contribution in [0.15, 0.2) is 53.7 Å². The minimum absolute atomic E-state index is 0.00886. The molecule has 2 aromatic carbocycles. The van der Waals surface area contributed by atoms with E-state index >= 15 is 0 Å². The number of sulfonamides is 1. The number of hydrogen-bond acceptors (Lipinski definition) is 6. The third-order valence-electron chi connectivity index (χ3n) is 8.38. The second-order valence-electron chi connectivity index (χ2n) is 12.9. The van der Waals surface area contributed by atoms with E-state index in [9.17, 15) is 22.0 Å². The number of carbonyl (C=O) groups is 1. The SMILES string of the molecule is [B][C@@H](CNS(=O)(=O)c1cn(C)c(C)n1)Cn1c(C(C)(C)C)cc2cc(NC(=O)C3(c4ccc5c(c4)OC(F)(F)O5)CC3)ccc21. The fraction of sp³-hybridized carbons (Fsp3) is 0.419. The molecule has 1 atom stereocenters. The maximum atomic E-state index is 13.5. The first-order valence-electron chi connectivity index (χ1n) is 14.6. The number of anilines is 1. The number of alkyl halides is 2. The number of carbonyl (C=O) groups excluding carboxylic acids is 1. The molecule has 4 aromatic rings. The molecule has 2 aliphatic rings. The lowest BCUT2D eigenvalue weighted by Crippen LogP contribution is -2.30. The summed E-state index contributed by atoms with van der Waals surface area (Å²) < 4.78 is 68.0. The molecule has 0 saturated heterocycles. The van der Waals surface area contributed by atoms with E-state index in [1.54, 1.807) is 30.7 Å². The van der Waals surface area contributed by atoms with E-state index in [1.807, 2.05) is 18.2 Å². The van der Waals surface area contributed by atoms with Crippen molar-refractivity contribution in [3.63, 3.8) is 0 Å². The van der Waals surface area contributed by atoms with Crippen molar-refractivity contribution in [1.29, 1.82) is 0 Å². The zero-order valence-electron chi connectivity index (χ0n) is 25.6. The Balaban J connectivity index is 1.20. The van der Waals surface area contributed by atoms with E-state index in [-0.39, 0.29) is 34.4 Å². The molecule has 1 amide bonds. The van der Waals surface area contributed by atoms with Crippen molar-refractivity contribution < 1.29 is 31.5 Å². The fourth-order valence-electron chi connectivity index (χ4n) is 5.68. The summed E-state index contributed by atoms with van der Waals surface area (Å²) in [6, 6.07) is 12.1. The number of nitrogens with zero attached hydrogens (tertiary/aromatic N) is 3. The standard InChI is InChI=1S/C31H34BF2N5O5S/c1-18-36-27(17-38(18)5)45(41,42)35-15-21(32)16-39-23-8-7-22(12-19(23)13-26(39)29(2,3)4)37-28(40)30(10-11-30)20-6-9-24-25(14-20)44-31(33,34)43-24/h6-9,12-14,17,21,35H,10-11,15-16H2,1-5H3,(H,37,40)/t21-/m0/s1. The van der Waals surface area contributed by atoms with Crippen LogP contribution in [-0.2, 0) is 39.2 Å².